The second kappa shape index (κ2) is 16.7. The monoisotopic (exact) mass is 831 g/mol. The molecule has 3 aliphatic heterocycles. The minimum atomic E-state index is -4.51. The Morgan fingerprint density at radius 2 is 1.57 bits per heavy atom. The lowest BCUT2D eigenvalue weighted by molar-refractivity contribution is -0.438. The van der Waals surface area contributed by atoms with E-state index in [0.717, 1.165) is 37.2 Å². The minimum Gasteiger partial charge on any atom is -0.478 e. The fourth-order valence-corrected chi connectivity index (χ4v) is 9.15. The number of nitrogens with zero attached hydrogens (tertiary/aromatic N) is 2. The SMILES string of the molecule is CCCCC[N+]1=C(/C=C/C2=C(c3ccc(C(=O)O)cc3)C(=C/C=C3/N(CCCCS(=O)(=O)O)c4ccc(S(=O)(=O)O)cc4C3(C)C)/OCO2)C(C)(C)c2ccccc21. The molecule has 3 aromatic rings. The number of hydrogen-bond donors (Lipinski definition) is 3. The van der Waals surface area contributed by atoms with Crippen LogP contribution in [0.4, 0.5) is 11.4 Å². The predicted molar refractivity (Wildman–Crippen MR) is 224 cm³/mol. The van der Waals surface area contributed by atoms with Crippen molar-refractivity contribution >= 4 is 48.9 Å². The van der Waals surface area contributed by atoms with Crippen LogP contribution in [0.5, 0.6) is 0 Å². The average molecular weight is 832 g/mol. The Morgan fingerprint density at radius 3 is 2.24 bits per heavy atom. The minimum absolute atomic E-state index is 0.106. The molecule has 3 N–H and O–H groups in total. The number of benzene rings is 3. The van der Waals surface area contributed by atoms with E-state index in [1.54, 1.807) is 24.3 Å². The maximum atomic E-state index is 12.2. The molecule has 0 saturated carbocycles. The van der Waals surface area contributed by atoms with Crippen molar-refractivity contribution in [3.05, 3.63) is 131 Å². The van der Waals surface area contributed by atoms with E-state index in [1.807, 2.05) is 30.9 Å². The molecule has 0 amide bonds. The van der Waals surface area contributed by atoms with Gasteiger partial charge >= 0.3 is 5.97 Å². The number of rotatable bonds is 15. The van der Waals surface area contributed by atoms with Crippen LogP contribution in [0.15, 0.2) is 113 Å². The van der Waals surface area contributed by atoms with E-state index < -0.39 is 37.4 Å². The van der Waals surface area contributed by atoms with Crippen LogP contribution in [0, 0.1) is 0 Å². The Balaban J connectivity index is 1.48. The first-order valence-corrected chi connectivity index (χ1v) is 22.4. The normalized spacial score (nSPS) is 18.8. The Morgan fingerprint density at radius 1 is 0.845 bits per heavy atom. The maximum Gasteiger partial charge on any atom is 0.335 e. The van der Waals surface area contributed by atoms with Gasteiger partial charge in [0.05, 0.1) is 27.2 Å². The van der Waals surface area contributed by atoms with Gasteiger partial charge in [0.2, 0.25) is 12.5 Å². The summed E-state index contributed by atoms with van der Waals surface area (Å²) < 4.78 is 81.3. The number of anilines is 1. The molecule has 0 aliphatic carbocycles. The van der Waals surface area contributed by atoms with E-state index in [9.17, 15) is 35.8 Å². The molecule has 0 aromatic heterocycles. The van der Waals surface area contributed by atoms with Crippen LogP contribution in [0.3, 0.4) is 0 Å². The molecule has 14 heteroatoms. The molecule has 0 unspecified atom stereocenters. The van der Waals surface area contributed by atoms with Crippen LogP contribution in [0.2, 0.25) is 0 Å². The fourth-order valence-electron chi connectivity index (χ4n) is 8.07. The third kappa shape index (κ3) is 8.85. The summed E-state index contributed by atoms with van der Waals surface area (Å²) in [6.45, 7) is 11.5. The highest BCUT2D eigenvalue weighted by Gasteiger charge is 2.44. The zero-order chi connectivity index (χ0) is 42.0. The molecule has 58 heavy (non-hydrogen) atoms. The number of para-hydroxylation sites is 1. The number of carboxylic acids is 1. The molecule has 12 nitrogen and oxygen atoms in total. The summed E-state index contributed by atoms with van der Waals surface area (Å²) in [6.07, 6.45) is 11.5. The van der Waals surface area contributed by atoms with Gasteiger partial charge in [0.15, 0.2) is 5.71 Å². The number of hydrogen-bond acceptors (Lipinski definition) is 8. The van der Waals surface area contributed by atoms with Crippen molar-refractivity contribution in [3.63, 3.8) is 0 Å². The van der Waals surface area contributed by atoms with Crippen LogP contribution in [0.25, 0.3) is 5.57 Å². The van der Waals surface area contributed by atoms with Crippen molar-refractivity contribution in [1.82, 2.24) is 0 Å². The lowest BCUT2D eigenvalue weighted by Gasteiger charge is -2.27. The van der Waals surface area contributed by atoms with Gasteiger partial charge in [0.1, 0.15) is 18.1 Å². The maximum absolute atomic E-state index is 12.2. The third-order valence-electron chi connectivity index (χ3n) is 11.1. The largest absolute Gasteiger partial charge is 0.478 e. The molecule has 3 aliphatic rings. The Kier molecular flexibility index (Phi) is 12.3. The van der Waals surface area contributed by atoms with Crippen LogP contribution in [0.1, 0.15) is 93.8 Å². The molecule has 0 bridgehead atoms. The van der Waals surface area contributed by atoms with Gasteiger partial charge in [-0.3, -0.25) is 9.11 Å². The van der Waals surface area contributed by atoms with Gasteiger partial charge in [-0.15, -0.1) is 0 Å². The lowest BCUT2D eigenvalue weighted by atomic mass is 9.81. The number of unbranched alkanes of at least 4 members (excludes halogenated alkanes) is 3. The van der Waals surface area contributed by atoms with E-state index in [1.165, 1.54) is 35.5 Å². The van der Waals surface area contributed by atoms with E-state index in [4.69, 9.17) is 9.47 Å². The smallest absolute Gasteiger partial charge is 0.335 e. The van der Waals surface area contributed by atoms with Crippen LogP contribution >= 0.6 is 0 Å². The Labute approximate surface area is 341 Å². The first kappa shape index (κ1) is 42.6. The van der Waals surface area contributed by atoms with E-state index in [2.05, 4.69) is 55.7 Å². The topological polar surface area (TPSA) is 171 Å². The standard InChI is InChI=1S/C44H50N2O10S2/c1-6-7-10-25-45-35-14-9-8-13-33(35)43(2,3)39(45)23-21-37-41(30-15-17-31(18-16-30)42(47)48)38(56-29-55-37)22-24-40-44(4,5)34-28-32(58(52,53)54)19-20-36(34)46(40)26-11-12-27-57(49,50)51/h8-9,13-24,28H,6-7,10-12,25-27,29H2,1-5H3,(H2-,47,48,49,50,51,52,53,54)/p+1. The zero-order valence-corrected chi connectivity index (χ0v) is 35.1. The number of fused-ring (bicyclic) bond motifs is 2. The Bertz CT molecular complexity index is 2480. The summed E-state index contributed by atoms with van der Waals surface area (Å²) >= 11 is 0. The molecular weight excluding hydrogens is 781 g/mol. The second-order valence-electron chi connectivity index (χ2n) is 15.8. The van der Waals surface area contributed by atoms with Gasteiger partial charge in [0.25, 0.3) is 20.2 Å². The lowest BCUT2D eigenvalue weighted by Crippen LogP contribution is -2.28. The highest BCUT2D eigenvalue weighted by molar-refractivity contribution is 7.86. The first-order chi connectivity index (χ1) is 27.3. The zero-order valence-electron chi connectivity index (χ0n) is 33.4. The van der Waals surface area contributed by atoms with E-state index >= 15 is 0 Å². The van der Waals surface area contributed by atoms with Gasteiger partial charge in [0, 0.05) is 47.5 Å². The first-order valence-electron chi connectivity index (χ1n) is 19.4. The van der Waals surface area contributed by atoms with Crippen LogP contribution in [-0.2, 0) is 40.5 Å². The van der Waals surface area contributed by atoms with E-state index in [-0.39, 0.29) is 29.1 Å². The highest BCUT2D eigenvalue weighted by Crippen LogP contribution is 2.49. The van der Waals surface area contributed by atoms with Crippen molar-refractivity contribution < 1.29 is 49.9 Å². The summed E-state index contributed by atoms with van der Waals surface area (Å²) in [5.41, 5.74) is 5.85. The van der Waals surface area contributed by atoms with Crippen molar-refractivity contribution in [2.24, 2.45) is 0 Å². The average Bonchev–Trinajstić information content (AvgIpc) is 3.51. The van der Waals surface area contributed by atoms with Crippen LogP contribution in [-0.4, -0.2) is 72.9 Å². The Hall–Kier alpha value is -5.02. The molecule has 3 aromatic carbocycles. The number of carboxylic acid groups (broad SMARTS) is 1. The molecule has 308 valence electrons. The molecule has 0 atom stereocenters. The summed E-state index contributed by atoms with van der Waals surface area (Å²) in [6, 6.07) is 19.3. The quantitative estimate of drug-likeness (QED) is 0.0763. The fraction of sp³-hybridized carbons (Fsp3) is 0.364. The summed E-state index contributed by atoms with van der Waals surface area (Å²) in [5.74, 6) is -0.506. The van der Waals surface area contributed by atoms with Gasteiger partial charge < -0.3 is 19.5 Å². The second-order valence-corrected chi connectivity index (χ2v) is 18.7. The summed E-state index contributed by atoms with van der Waals surface area (Å²) in [7, 11) is -8.67. The van der Waals surface area contributed by atoms with Crippen molar-refractivity contribution in [2.75, 3.05) is 30.5 Å². The van der Waals surface area contributed by atoms with Crippen molar-refractivity contribution in [3.8, 4) is 0 Å². The molecule has 0 fully saturated rings. The predicted octanol–water partition coefficient (Wildman–Crippen LogP) is 8.40. The molecule has 0 spiro atoms. The number of carbonyl (C=O) groups is 1. The number of ether oxygens (including phenoxy) is 2. The highest BCUT2D eigenvalue weighted by atomic mass is 32.2. The third-order valence-corrected chi connectivity index (χ3v) is 12.8. The molecule has 6 rings (SSSR count). The van der Waals surface area contributed by atoms with Gasteiger partial charge in [-0.25, -0.2) is 4.79 Å². The van der Waals surface area contributed by atoms with E-state index in [0.29, 0.717) is 46.9 Å². The van der Waals surface area contributed by atoms with Crippen molar-refractivity contribution in [1.29, 1.82) is 0 Å². The molecule has 0 radical (unpaired) electrons. The summed E-state index contributed by atoms with van der Waals surface area (Å²) in [4.78, 5) is 13.5. The molecule has 0 saturated heterocycles. The van der Waals surface area contributed by atoms with Gasteiger partial charge in [-0.1, -0.05) is 57.5 Å². The van der Waals surface area contributed by atoms with Gasteiger partial charge in [-0.05, 0) is 92.8 Å². The number of allylic oxidation sites excluding steroid dienone is 6. The number of aromatic carboxylic acids is 1. The van der Waals surface area contributed by atoms with Crippen molar-refractivity contribution in [2.45, 2.75) is 82.4 Å². The van der Waals surface area contributed by atoms with Crippen LogP contribution < -0.4 is 4.90 Å². The summed E-state index contributed by atoms with van der Waals surface area (Å²) in [5, 5.41) is 9.66. The molecule has 3 heterocycles. The van der Waals surface area contributed by atoms with Gasteiger partial charge in [-0.2, -0.15) is 21.4 Å². The molecular formula is C44H51N2O10S2+.